The molecule has 0 heterocycles. The summed E-state index contributed by atoms with van der Waals surface area (Å²) in [5.74, 6) is 0.483. The van der Waals surface area contributed by atoms with Crippen molar-refractivity contribution in [2.75, 3.05) is 0 Å². The minimum Gasteiger partial charge on any atom is -0.480 e. The molecule has 0 aliphatic heterocycles. The van der Waals surface area contributed by atoms with Crippen LogP contribution < -0.4 is 0 Å². The van der Waals surface area contributed by atoms with E-state index in [1.54, 1.807) is 0 Å². The molecule has 1 saturated carbocycles. The van der Waals surface area contributed by atoms with Gasteiger partial charge in [-0.05, 0) is 18.3 Å². The van der Waals surface area contributed by atoms with E-state index < -0.39 is 11.2 Å². The van der Waals surface area contributed by atoms with E-state index in [0.29, 0.717) is 11.8 Å². The summed E-state index contributed by atoms with van der Waals surface area (Å²) in [4.78, 5) is 10.6. The van der Waals surface area contributed by atoms with Crippen molar-refractivity contribution in [1.29, 1.82) is 0 Å². The van der Waals surface area contributed by atoms with Crippen molar-refractivity contribution in [2.24, 2.45) is 11.8 Å². The zero-order valence-electron chi connectivity index (χ0n) is 8.07. The molecule has 0 spiro atoms. The van der Waals surface area contributed by atoms with Gasteiger partial charge in [0.25, 0.3) is 0 Å². The number of hydrogen-bond acceptors (Lipinski definition) is 2. The fraction of sp³-hybridized carbons (Fsp3) is 0.900. The SMILES string of the molecule is CC1CCCCC1CC(S)C(=O)O. The van der Waals surface area contributed by atoms with Crippen molar-refractivity contribution < 1.29 is 9.90 Å². The maximum atomic E-state index is 10.6. The normalized spacial score (nSPS) is 31.2. The first-order valence-electron chi connectivity index (χ1n) is 5.02. The molecule has 1 aliphatic carbocycles. The summed E-state index contributed by atoms with van der Waals surface area (Å²) < 4.78 is 0. The molecular formula is C10H18O2S. The summed E-state index contributed by atoms with van der Waals surface area (Å²) in [5.41, 5.74) is 0. The lowest BCUT2D eigenvalue weighted by molar-refractivity contribution is -0.136. The summed E-state index contributed by atoms with van der Waals surface area (Å²) in [6, 6.07) is 0. The Morgan fingerprint density at radius 3 is 2.69 bits per heavy atom. The van der Waals surface area contributed by atoms with Crippen molar-refractivity contribution in [2.45, 2.75) is 44.3 Å². The smallest absolute Gasteiger partial charge is 0.316 e. The van der Waals surface area contributed by atoms with E-state index in [0.717, 1.165) is 6.42 Å². The molecule has 1 fully saturated rings. The molecule has 76 valence electrons. The molecule has 3 unspecified atom stereocenters. The highest BCUT2D eigenvalue weighted by Gasteiger charge is 2.25. The van der Waals surface area contributed by atoms with Crippen LogP contribution >= 0.6 is 12.6 Å². The molecule has 1 N–H and O–H groups in total. The Labute approximate surface area is 85.1 Å². The van der Waals surface area contributed by atoms with E-state index >= 15 is 0 Å². The maximum absolute atomic E-state index is 10.6. The van der Waals surface area contributed by atoms with Gasteiger partial charge in [-0.2, -0.15) is 12.6 Å². The second kappa shape index (κ2) is 4.89. The first kappa shape index (κ1) is 10.9. The predicted octanol–water partition coefficient (Wildman–Crippen LogP) is 2.59. The Balaban J connectivity index is 2.37. The number of carboxylic acid groups (broad SMARTS) is 1. The fourth-order valence-electron chi connectivity index (χ4n) is 2.13. The molecule has 0 aromatic rings. The number of hydrogen-bond donors (Lipinski definition) is 2. The quantitative estimate of drug-likeness (QED) is 0.690. The summed E-state index contributed by atoms with van der Waals surface area (Å²) in [6.45, 7) is 2.23. The van der Waals surface area contributed by atoms with Crippen molar-refractivity contribution in [3.8, 4) is 0 Å². The van der Waals surface area contributed by atoms with Crippen LogP contribution in [-0.2, 0) is 4.79 Å². The van der Waals surface area contributed by atoms with E-state index in [-0.39, 0.29) is 0 Å². The number of carboxylic acids is 1. The summed E-state index contributed by atoms with van der Waals surface area (Å²) >= 11 is 4.08. The molecule has 0 bridgehead atoms. The first-order chi connectivity index (χ1) is 6.11. The minimum absolute atomic E-state index is 0.467. The van der Waals surface area contributed by atoms with Gasteiger partial charge in [0.15, 0.2) is 0 Å². The van der Waals surface area contributed by atoms with Crippen molar-refractivity contribution in [3.63, 3.8) is 0 Å². The molecule has 2 nitrogen and oxygen atoms in total. The van der Waals surface area contributed by atoms with Crippen LogP contribution in [0, 0.1) is 11.8 Å². The van der Waals surface area contributed by atoms with Gasteiger partial charge in [-0.25, -0.2) is 0 Å². The maximum Gasteiger partial charge on any atom is 0.316 e. The van der Waals surface area contributed by atoms with Gasteiger partial charge in [0.05, 0.1) is 5.25 Å². The second-order valence-electron chi connectivity index (χ2n) is 4.11. The van der Waals surface area contributed by atoms with Crippen molar-refractivity contribution >= 4 is 18.6 Å². The second-order valence-corrected chi connectivity index (χ2v) is 4.73. The number of thiol groups is 1. The third-order valence-corrected chi connectivity index (χ3v) is 3.53. The number of aliphatic carboxylic acids is 1. The van der Waals surface area contributed by atoms with Crippen LogP contribution in [-0.4, -0.2) is 16.3 Å². The highest BCUT2D eigenvalue weighted by Crippen LogP contribution is 2.33. The Morgan fingerprint density at radius 1 is 1.54 bits per heavy atom. The van der Waals surface area contributed by atoms with E-state index in [9.17, 15) is 4.79 Å². The van der Waals surface area contributed by atoms with Gasteiger partial charge < -0.3 is 5.11 Å². The molecule has 1 rings (SSSR count). The predicted molar refractivity (Wildman–Crippen MR) is 56.1 cm³/mol. The Morgan fingerprint density at radius 2 is 2.15 bits per heavy atom. The lowest BCUT2D eigenvalue weighted by atomic mass is 9.78. The van der Waals surface area contributed by atoms with Crippen molar-refractivity contribution in [3.05, 3.63) is 0 Å². The van der Waals surface area contributed by atoms with Gasteiger partial charge in [-0.1, -0.05) is 32.6 Å². The Bertz CT molecular complexity index is 182. The van der Waals surface area contributed by atoms with E-state index in [4.69, 9.17) is 5.11 Å². The van der Waals surface area contributed by atoms with Crippen LogP contribution in [0.1, 0.15) is 39.0 Å². The number of carbonyl (C=O) groups is 1. The average Bonchev–Trinajstić information content (AvgIpc) is 2.08. The monoisotopic (exact) mass is 202 g/mol. The minimum atomic E-state index is -0.777. The Hall–Kier alpha value is -0.180. The van der Waals surface area contributed by atoms with Gasteiger partial charge in [0.1, 0.15) is 0 Å². The van der Waals surface area contributed by atoms with Gasteiger partial charge in [-0.3, -0.25) is 4.79 Å². The first-order valence-corrected chi connectivity index (χ1v) is 5.53. The van der Waals surface area contributed by atoms with Gasteiger partial charge in [0, 0.05) is 0 Å². The van der Waals surface area contributed by atoms with Crippen LogP contribution in [0.4, 0.5) is 0 Å². The van der Waals surface area contributed by atoms with Crippen LogP contribution in [0.3, 0.4) is 0 Å². The standard InChI is InChI=1S/C10H18O2S/c1-7-4-2-3-5-8(7)6-9(13)10(11)12/h7-9,13H,2-6H2,1H3,(H,11,12). The van der Waals surface area contributed by atoms with Gasteiger partial charge in [0.2, 0.25) is 0 Å². The molecule has 1 aliphatic rings. The highest BCUT2D eigenvalue weighted by molar-refractivity contribution is 7.81. The molecule has 0 radical (unpaired) electrons. The molecule has 0 aromatic heterocycles. The van der Waals surface area contributed by atoms with E-state index in [1.807, 2.05) is 0 Å². The number of rotatable bonds is 3. The van der Waals surface area contributed by atoms with Crippen LogP contribution in [0.25, 0.3) is 0 Å². The highest BCUT2D eigenvalue weighted by atomic mass is 32.1. The van der Waals surface area contributed by atoms with Gasteiger partial charge >= 0.3 is 5.97 Å². The molecule has 0 aromatic carbocycles. The topological polar surface area (TPSA) is 37.3 Å². The molecule has 0 saturated heterocycles. The van der Waals surface area contributed by atoms with Crippen LogP contribution in [0.2, 0.25) is 0 Å². The molecule has 0 amide bonds. The molecule has 3 heteroatoms. The summed E-state index contributed by atoms with van der Waals surface area (Å²) in [7, 11) is 0. The van der Waals surface area contributed by atoms with Crippen LogP contribution in [0.5, 0.6) is 0 Å². The lowest BCUT2D eigenvalue weighted by Crippen LogP contribution is -2.24. The van der Waals surface area contributed by atoms with E-state index in [2.05, 4.69) is 19.6 Å². The van der Waals surface area contributed by atoms with Crippen molar-refractivity contribution in [1.82, 2.24) is 0 Å². The zero-order chi connectivity index (χ0) is 9.84. The Kier molecular flexibility index (Phi) is 4.10. The average molecular weight is 202 g/mol. The lowest BCUT2D eigenvalue weighted by Gasteiger charge is -2.29. The summed E-state index contributed by atoms with van der Waals surface area (Å²) in [6.07, 6.45) is 5.74. The van der Waals surface area contributed by atoms with E-state index in [1.165, 1.54) is 25.7 Å². The molecule has 13 heavy (non-hydrogen) atoms. The van der Waals surface area contributed by atoms with Crippen LogP contribution in [0.15, 0.2) is 0 Å². The fourth-order valence-corrected chi connectivity index (χ4v) is 2.40. The molecule has 3 atom stereocenters. The molecular weight excluding hydrogens is 184 g/mol. The zero-order valence-corrected chi connectivity index (χ0v) is 8.96. The third-order valence-electron chi connectivity index (χ3n) is 3.10. The third kappa shape index (κ3) is 3.22. The van der Waals surface area contributed by atoms with Gasteiger partial charge in [-0.15, -0.1) is 0 Å². The largest absolute Gasteiger partial charge is 0.480 e. The summed E-state index contributed by atoms with van der Waals surface area (Å²) in [5, 5.41) is 8.26.